The van der Waals surface area contributed by atoms with Crippen LogP contribution in [0.3, 0.4) is 0 Å². The predicted molar refractivity (Wildman–Crippen MR) is 66.1 cm³/mol. The number of ether oxygens (including phenoxy) is 1. The minimum atomic E-state index is -4.70. The Morgan fingerprint density at radius 2 is 1.89 bits per heavy atom. The van der Waals surface area contributed by atoms with Gasteiger partial charge in [-0.2, -0.15) is 13.2 Å². The van der Waals surface area contributed by atoms with E-state index in [1.165, 1.54) is 6.07 Å². The number of alkyl halides is 3. The smallest absolute Gasteiger partial charge is 0.418 e. The first kappa shape index (κ1) is 13.7. The third kappa shape index (κ3) is 2.81. The van der Waals surface area contributed by atoms with Crippen molar-refractivity contribution in [3.8, 4) is 5.75 Å². The summed E-state index contributed by atoms with van der Waals surface area (Å²) in [4.78, 5) is 0. The molecule has 19 heavy (non-hydrogen) atoms. The van der Waals surface area contributed by atoms with Gasteiger partial charge in [-0.05, 0) is 29.8 Å². The van der Waals surface area contributed by atoms with Crippen LogP contribution in [0.15, 0.2) is 36.4 Å². The molecule has 0 saturated carbocycles. The van der Waals surface area contributed by atoms with E-state index < -0.39 is 12.3 Å². The van der Waals surface area contributed by atoms with Crippen LogP contribution in [-0.4, -0.2) is 17.9 Å². The Bertz CT molecular complexity index is 578. The van der Waals surface area contributed by atoms with Crippen LogP contribution in [-0.2, 0) is 0 Å². The SMILES string of the molecule is CCOc1cc(C(O)C(F)(F)F)c2ccccc2c1. The van der Waals surface area contributed by atoms with Crippen LogP contribution in [0.2, 0.25) is 0 Å². The van der Waals surface area contributed by atoms with Crippen LogP contribution in [0.4, 0.5) is 13.2 Å². The highest BCUT2D eigenvalue weighted by Gasteiger charge is 2.40. The van der Waals surface area contributed by atoms with E-state index in [-0.39, 0.29) is 5.56 Å². The van der Waals surface area contributed by atoms with Gasteiger partial charge in [-0.25, -0.2) is 0 Å². The van der Waals surface area contributed by atoms with Crippen molar-refractivity contribution in [3.05, 3.63) is 42.0 Å². The summed E-state index contributed by atoms with van der Waals surface area (Å²) in [6.45, 7) is 2.09. The molecule has 2 aromatic carbocycles. The fourth-order valence-corrected chi connectivity index (χ4v) is 1.96. The highest BCUT2D eigenvalue weighted by atomic mass is 19.4. The maximum atomic E-state index is 12.7. The van der Waals surface area contributed by atoms with Crippen molar-refractivity contribution in [3.63, 3.8) is 0 Å². The zero-order chi connectivity index (χ0) is 14.0. The van der Waals surface area contributed by atoms with Gasteiger partial charge < -0.3 is 9.84 Å². The first-order valence-corrected chi connectivity index (χ1v) is 5.83. The quantitative estimate of drug-likeness (QED) is 0.918. The van der Waals surface area contributed by atoms with Gasteiger partial charge in [-0.15, -0.1) is 0 Å². The minimum Gasteiger partial charge on any atom is -0.494 e. The van der Waals surface area contributed by atoms with E-state index in [1.54, 1.807) is 37.3 Å². The largest absolute Gasteiger partial charge is 0.494 e. The van der Waals surface area contributed by atoms with Crippen LogP contribution in [0, 0.1) is 0 Å². The van der Waals surface area contributed by atoms with Crippen LogP contribution in [0.25, 0.3) is 10.8 Å². The van der Waals surface area contributed by atoms with Crippen molar-refractivity contribution in [2.24, 2.45) is 0 Å². The van der Waals surface area contributed by atoms with Crippen LogP contribution >= 0.6 is 0 Å². The van der Waals surface area contributed by atoms with Gasteiger partial charge in [0, 0.05) is 5.56 Å². The number of hydrogen-bond donors (Lipinski definition) is 1. The van der Waals surface area contributed by atoms with Crippen molar-refractivity contribution in [2.75, 3.05) is 6.61 Å². The van der Waals surface area contributed by atoms with Gasteiger partial charge >= 0.3 is 6.18 Å². The van der Waals surface area contributed by atoms with Gasteiger partial charge in [0.25, 0.3) is 0 Å². The van der Waals surface area contributed by atoms with Crippen LogP contribution in [0.5, 0.6) is 5.75 Å². The molecule has 1 unspecified atom stereocenters. The lowest BCUT2D eigenvalue weighted by molar-refractivity contribution is -0.206. The third-order valence-corrected chi connectivity index (χ3v) is 2.78. The summed E-state index contributed by atoms with van der Waals surface area (Å²) in [6, 6.07) is 9.49. The molecule has 102 valence electrons. The molecular weight excluding hydrogens is 257 g/mol. The lowest BCUT2D eigenvalue weighted by Gasteiger charge is -2.18. The van der Waals surface area contributed by atoms with Gasteiger partial charge in [0.1, 0.15) is 5.75 Å². The van der Waals surface area contributed by atoms with Gasteiger partial charge in [0.05, 0.1) is 6.61 Å². The number of halogens is 3. The number of aliphatic hydroxyl groups excluding tert-OH is 1. The molecular formula is C14H13F3O2. The van der Waals surface area contributed by atoms with Crippen LogP contribution < -0.4 is 4.74 Å². The average molecular weight is 270 g/mol. The van der Waals surface area contributed by atoms with Gasteiger partial charge in [0.15, 0.2) is 6.10 Å². The summed E-state index contributed by atoms with van der Waals surface area (Å²) in [5.41, 5.74) is -0.186. The molecule has 2 nitrogen and oxygen atoms in total. The molecule has 0 aliphatic rings. The first-order valence-electron chi connectivity index (χ1n) is 5.83. The Balaban J connectivity index is 2.62. The Morgan fingerprint density at radius 3 is 2.53 bits per heavy atom. The maximum Gasteiger partial charge on any atom is 0.418 e. The van der Waals surface area contributed by atoms with Gasteiger partial charge in [-0.3, -0.25) is 0 Å². The van der Waals surface area contributed by atoms with E-state index in [0.29, 0.717) is 23.1 Å². The molecule has 0 spiro atoms. The summed E-state index contributed by atoms with van der Waals surface area (Å²) in [6.07, 6.45) is -7.22. The van der Waals surface area contributed by atoms with Gasteiger partial charge in [0.2, 0.25) is 0 Å². The molecule has 1 N–H and O–H groups in total. The first-order chi connectivity index (χ1) is 8.93. The molecule has 0 aromatic heterocycles. The predicted octanol–water partition coefficient (Wildman–Crippen LogP) is 3.83. The zero-order valence-electron chi connectivity index (χ0n) is 10.2. The average Bonchev–Trinajstić information content (AvgIpc) is 2.36. The minimum absolute atomic E-state index is 0.186. The summed E-state index contributed by atoms with van der Waals surface area (Å²) >= 11 is 0. The van der Waals surface area contributed by atoms with Crippen molar-refractivity contribution in [2.45, 2.75) is 19.2 Å². The Kier molecular flexibility index (Phi) is 3.66. The van der Waals surface area contributed by atoms with E-state index >= 15 is 0 Å². The molecule has 0 amide bonds. The molecule has 0 bridgehead atoms. The van der Waals surface area contributed by atoms with Crippen molar-refractivity contribution >= 4 is 10.8 Å². The number of aliphatic hydroxyl groups is 1. The number of rotatable bonds is 3. The highest BCUT2D eigenvalue weighted by Crippen LogP contribution is 2.38. The highest BCUT2D eigenvalue weighted by molar-refractivity contribution is 5.87. The Labute approximate surface area is 108 Å². The summed E-state index contributed by atoms with van der Waals surface area (Å²) in [5, 5.41) is 10.4. The second-order valence-electron chi connectivity index (χ2n) is 4.11. The molecule has 0 saturated heterocycles. The lowest BCUT2D eigenvalue weighted by Crippen LogP contribution is -2.20. The molecule has 0 heterocycles. The van der Waals surface area contributed by atoms with Crippen molar-refractivity contribution in [1.29, 1.82) is 0 Å². The molecule has 0 aliphatic carbocycles. The normalized spacial score (nSPS) is 13.5. The molecule has 2 aromatic rings. The zero-order valence-corrected chi connectivity index (χ0v) is 10.2. The molecule has 0 radical (unpaired) electrons. The fourth-order valence-electron chi connectivity index (χ4n) is 1.96. The molecule has 0 aliphatic heterocycles. The standard InChI is InChI=1S/C14H13F3O2/c1-2-19-10-7-9-5-3-4-6-11(9)12(8-10)13(18)14(15,16)17/h3-8,13,18H,2H2,1H3. The second-order valence-corrected chi connectivity index (χ2v) is 4.11. The molecule has 5 heteroatoms. The van der Waals surface area contributed by atoms with E-state index in [4.69, 9.17) is 4.74 Å². The Morgan fingerprint density at radius 1 is 1.21 bits per heavy atom. The summed E-state index contributed by atoms with van der Waals surface area (Å²) in [7, 11) is 0. The number of benzene rings is 2. The monoisotopic (exact) mass is 270 g/mol. The van der Waals surface area contributed by atoms with E-state index in [9.17, 15) is 18.3 Å². The maximum absolute atomic E-state index is 12.7. The van der Waals surface area contributed by atoms with Gasteiger partial charge in [-0.1, -0.05) is 24.3 Å². The van der Waals surface area contributed by atoms with E-state index in [0.717, 1.165) is 0 Å². The molecule has 2 rings (SSSR count). The van der Waals surface area contributed by atoms with E-state index in [1.807, 2.05) is 0 Å². The second kappa shape index (κ2) is 5.09. The summed E-state index contributed by atoms with van der Waals surface area (Å²) < 4.78 is 43.3. The van der Waals surface area contributed by atoms with E-state index in [2.05, 4.69) is 0 Å². The van der Waals surface area contributed by atoms with Crippen molar-refractivity contribution < 1.29 is 23.0 Å². The Hall–Kier alpha value is -1.75. The lowest BCUT2D eigenvalue weighted by atomic mass is 9.99. The molecule has 1 atom stereocenters. The van der Waals surface area contributed by atoms with Crippen LogP contribution in [0.1, 0.15) is 18.6 Å². The number of fused-ring (bicyclic) bond motifs is 1. The third-order valence-electron chi connectivity index (χ3n) is 2.78. The molecule has 0 fully saturated rings. The van der Waals surface area contributed by atoms with Crippen molar-refractivity contribution in [1.82, 2.24) is 0 Å². The number of hydrogen-bond acceptors (Lipinski definition) is 2. The summed E-state index contributed by atoms with van der Waals surface area (Å²) in [5.74, 6) is 0.319. The fraction of sp³-hybridized carbons (Fsp3) is 0.286. The topological polar surface area (TPSA) is 29.5 Å².